The summed E-state index contributed by atoms with van der Waals surface area (Å²) in [6, 6.07) is 10.3. The van der Waals surface area contributed by atoms with Crippen LogP contribution < -0.4 is 4.90 Å². The van der Waals surface area contributed by atoms with Crippen LogP contribution in [0.15, 0.2) is 54.1 Å². The van der Waals surface area contributed by atoms with Crippen molar-refractivity contribution in [3.05, 3.63) is 71.1 Å². The molecular weight excluding hydrogens is 565 g/mol. The first-order valence-corrected chi connectivity index (χ1v) is 16.0. The van der Waals surface area contributed by atoms with Crippen molar-refractivity contribution in [1.82, 2.24) is 18.7 Å². The summed E-state index contributed by atoms with van der Waals surface area (Å²) in [6.07, 6.45) is 5.97. The van der Waals surface area contributed by atoms with E-state index in [2.05, 4.69) is 11.3 Å². The Morgan fingerprint density at radius 3 is 2.56 bits per heavy atom. The number of hydrogen-bond donors (Lipinski definition) is 1. The fourth-order valence-corrected chi connectivity index (χ4v) is 7.28. The van der Waals surface area contributed by atoms with Gasteiger partial charge in [0.25, 0.3) is 0 Å². The smallest absolute Gasteiger partial charge is 0.303 e. The Labute approximate surface area is 242 Å². The highest BCUT2D eigenvalue weighted by atomic mass is 32.2. The van der Waals surface area contributed by atoms with Crippen molar-refractivity contribution in [2.24, 2.45) is 0 Å². The van der Waals surface area contributed by atoms with E-state index >= 15 is 0 Å². The molecule has 0 amide bonds. The molecule has 1 aliphatic rings. The molecule has 1 N–H and O–H groups in total. The van der Waals surface area contributed by atoms with E-state index in [0.29, 0.717) is 25.8 Å². The number of carbonyl (C=O) groups is 1. The standard InChI is InChI=1S/C29H32FN5O4S2/c1-3-24-28(33(2)29-32-25(19-40-29)21-7-10-23(30)11-8-21)35-18-22(9-12-26(35)31-24)20-13-15-34(16-14-20)41(38,39)17-5-4-6-27(36)37/h7-13,18-19H,3-6,14-17H2,1-2H3,(H,36,37). The van der Waals surface area contributed by atoms with E-state index in [1.807, 2.05) is 41.7 Å². The fraction of sp³-hybridized carbons (Fsp3) is 0.345. The maximum atomic E-state index is 13.4. The molecule has 0 aliphatic carbocycles. The third kappa shape index (κ3) is 6.34. The highest BCUT2D eigenvalue weighted by Gasteiger charge is 2.25. The summed E-state index contributed by atoms with van der Waals surface area (Å²) < 4.78 is 42.4. The third-order valence-corrected chi connectivity index (χ3v) is 10.1. The van der Waals surface area contributed by atoms with Crippen LogP contribution in [0.3, 0.4) is 0 Å². The molecule has 9 nitrogen and oxygen atoms in total. The van der Waals surface area contributed by atoms with Crippen LogP contribution in [0.5, 0.6) is 0 Å². The van der Waals surface area contributed by atoms with E-state index in [1.54, 1.807) is 12.1 Å². The maximum Gasteiger partial charge on any atom is 0.303 e. The SMILES string of the molecule is CCc1nc2ccc(C3=CCN(S(=O)(=O)CCCCC(=O)O)CC3)cn2c1N(C)c1nc(-c2ccc(F)cc2)cs1. The van der Waals surface area contributed by atoms with Crippen molar-refractivity contribution in [2.45, 2.75) is 39.0 Å². The average Bonchev–Trinajstić information content (AvgIpc) is 3.60. The van der Waals surface area contributed by atoms with Gasteiger partial charge < -0.3 is 10.0 Å². The zero-order valence-corrected chi connectivity index (χ0v) is 24.6. The molecule has 4 heterocycles. The number of nitrogens with zero attached hydrogens (tertiary/aromatic N) is 5. The second-order valence-corrected chi connectivity index (χ2v) is 12.9. The van der Waals surface area contributed by atoms with Crippen molar-refractivity contribution in [3.63, 3.8) is 0 Å². The molecule has 1 aromatic carbocycles. The molecule has 216 valence electrons. The summed E-state index contributed by atoms with van der Waals surface area (Å²) in [5.41, 5.74) is 5.43. The lowest BCUT2D eigenvalue weighted by Crippen LogP contribution is -2.36. The number of hydrogen-bond acceptors (Lipinski definition) is 7. The van der Waals surface area contributed by atoms with Gasteiger partial charge >= 0.3 is 5.97 Å². The fourth-order valence-electron chi connectivity index (χ4n) is 4.98. The van der Waals surface area contributed by atoms with Crippen molar-refractivity contribution in [1.29, 1.82) is 0 Å². The number of pyridine rings is 1. The molecule has 4 aromatic rings. The zero-order valence-electron chi connectivity index (χ0n) is 23.0. The quantitative estimate of drug-likeness (QED) is 0.224. The molecule has 3 aromatic heterocycles. The molecule has 0 bridgehead atoms. The first-order valence-electron chi connectivity index (χ1n) is 13.5. The van der Waals surface area contributed by atoms with Crippen LogP contribution in [0, 0.1) is 5.82 Å². The van der Waals surface area contributed by atoms with E-state index in [4.69, 9.17) is 15.1 Å². The van der Waals surface area contributed by atoms with E-state index in [-0.39, 0.29) is 24.5 Å². The van der Waals surface area contributed by atoms with Crippen LogP contribution in [0.25, 0.3) is 22.5 Å². The molecular formula is C29H32FN5O4S2. The van der Waals surface area contributed by atoms with Crippen LogP contribution in [-0.2, 0) is 21.2 Å². The molecule has 12 heteroatoms. The van der Waals surface area contributed by atoms with Crippen molar-refractivity contribution >= 4 is 49.5 Å². The lowest BCUT2D eigenvalue weighted by Gasteiger charge is -2.26. The number of carboxylic acids is 1. The number of thiazole rings is 1. The van der Waals surface area contributed by atoms with Gasteiger partial charge in [-0.3, -0.25) is 9.20 Å². The minimum atomic E-state index is -3.44. The normalized spacial score (nSPS) is 14.4. The molecule has 0 saturated carbocycles. The Balaban J connectivity index is 1.37. The summed E-state index contributed by atoms with van der Waals surface area (Å²) in [4.78, 5) is 22.4. The number of fused-ring (bicyclic) bond motifs is 1. The van der Waals surface area contributed by atoms with Crippen LogP contribution in [0.4, 0.5) is 15.3 Å². The van der Waals surface area contributed by atoms with E-state index in [9.17, 15) is 17.6 Å². The van der Waals surface area contributed by atoms with Crippen LogP contribution in [-0.4, -0.2) is 64.1 Å². The summed E-state index contributed by atoms with van der Waals surface area (Å²) in [5, 5.41) is 11.5. The van der Waals surface area contributed by atoms with Gasteiger partial charge in [0.05, 0.1) is 17.1 Å². The number of benzene rings is 1. The zero-order chi connectivity index (χ0) is 29.1. The largest absolute Gasteiger partial charge is 0.481 e. The number of aromatic nitrogens is 3. The molecule has 0 spiro atoms. The molecule has 41 heavy (non-hydrogen) atoms. The van der Waals surface area contributed by atoms with Gasteiger partial charge in [-0.25, -0.2) is 22.8 Å². The minimum absolute atomic E-state index is 0.0226. The first-order chi connectivity index (χ1) is 19.7. The average molecular weight is 598 g/mol. The number of rotatable bonds is 11. The second kappa shape index (κ2) is 12.1. The summed E-state index contributed by atoms with van der Waals surface area (Å²) in [5.74, 6) is -0.332. The third-order valence-electron chi connectivity index (χ3n) is 7.21. The van der Waals surface area contributed by atoms with Gasteiger partial charge in [-0.15, -0.1) is 11.3 Å². The van der Waals surface area contributed by atoms with Crippen LogP contribution in [0.1, 0.15) is 43.9 Å². The van der Waals surface area contributed by atoms with Gasteiger partial charge in [0.2, 0.25) is 10.0 Å². The predicted molar refractivity (Wildman–Crippen MR) is 160 cm³/mol. The lowest BCUT2D eigenvalue weighted by molar-refractivity contribution is -0.137. The number of imidazole rings is 1. The number of aryl methyl sites for hydroxylation is 1. The maximum absolute atomic E-state index is 13.4. The molecule has 0 saturated heterocycles. The number of anilines is 2. The number of unbranched alkanes of at least 4 members (excludes halogenated alkanes) is 1. The minimum Gasteiger partial charge on any atom is -0.481 e. The Kier molecular flexibility index (Phi) is 8.52. The Morgan fingerprint density at radius 1 is 1.12 bits per heavy atom. The van der Waals surface area contributed by atoms with E-state index in [1.165, 1.54) is 27.8 Å². The first kappa shape index (κ1) is 28.9. The monoisotopic (exact) mass is 597 g/mol. The Morgan fingerprint density at radius 2 is 1.88 bits per heavy atom. The van der Waals surface area contributed by atoms with Gasteiger partial charge in [-0.1, -0.05) is 13.0 Å². The van der Waals surface area contributed by atoms with Gasteiger partial charge in [0.1, 0.15) is 17.3 Å². The molecule has 0 radical (unpaired) electrons. The molecule has 0 fully saturated rings. The van der Waals surface area contributed by atoms with Gasteiger partial charge in [0.15, 0.2) is 5.13 Å². The number of sulfonamides is 1. The highest BCUT2D eigenvalue weighted by Crippen LogP contribution is 2.34. The van der Waals surface area contributed by atoms with Gasteiger partial charge in [-0.2, -0.15) is 4.31 Å². The van der Waals surface area contributed by atoms with E-state index in [0.717, 1.165) is 51.1 Å². The molecule has 0 atom stereocenters. The Bertz CT molecular complexity index is 1700. The number of aliphatic carboxylic acids is 1. The lowest BCUT2D eigenvalue weighted by atomic mass is 10.0. The second-order valence-electron chi connectivity index (χ2n) is 9.97. The Hall–Kier alpha value is -3.61. The van der Waals surface area contributed by atoms with Crippen molar-refractivity contribution in [2.75, 3.05) is 30.8 Å². The summed E-state index contributed by atoms with van der Waals surface area (Å²) in [6.45, 7) is 2.73. The van der Waals surface area contributed by atoms with Gasteiger partial charge in [0, 0.05) is 43.7 Å². The molecule has 0 unspecified atom stereocenters. The topological polar surface area (TPSA) is 108 Å². The molecule has 5 rings (SSSR count). The highest BCUT2D eigenvalue weighted by molar-refractivity contribution is 7.89. The number of carboxylic acid groups (broad SMARTS) is 1. The van der Waals surface area contributed by atoms with E-state index < -0.39 is 16.0 Å². The number of halogens is 1. The van der Waals surface area contributed by atoms with Crippen LogP contribution >= 0.6 is 11.3 Å². The summed E-state index contributed by atoms with van der Waals surface area (Å²) in [7, 11) is -1.48. The van der Waals surface area contributed by atoms with Crippen LogP contribution in [0.2, 0.25) is 0 Å². The van der Waals surface area contributed by atoms with Gasteiger partial charge in [-0.05, 0) is 73.2 Å². The summed E-state index contributed by atoms with van der Waals surface area (Å²) >= 11 is 1.50. The van der Waals surface area contributed by atoms with Crippen molar-refractivity contribution in [3.8, 4) is 11.3 Å². The van der Waals surface area contributed by atoms with Crippen molar-refractivity contribution < 1.29 is 22.7 Å². The predicted octanol–water partition coefficient (Wildman–Crippen LogP) is 5.60. The molecule has 1 aliphatic heterocycles.